The van der Waals surface area contributed by atoms with E-state index in [0.717, 1.165) is 37.9 Å². The molecule has 40 heavy (non-hydrogen) atoms. The summed E-state index contributed by atoms with van der Waals surface area (Å²) < 4.78 is 73.5. The number of hydrogen-bond acceptors (Lipinski definition) is 8. The van der Waals surface area contributed by atoms with Gasteiger partial charge in [-0.15, -0.1) is 11.3 Å². The lowest BCUT2D eigenvalue weighted by atomic mass is 10.0. The summed E-state index contributed by atoms with van der Waals surface area (Å²) in [6, 6.07) is -1.90. The second-order valence-corrected chi connectivity index (χ2v) is 11.2. The van der Waals surface area contributed by atoms with Crippen molar-refractivity contribution in [3.63, 3.8) is 0 Å². The molecule has 3 aliphatic rings. The van der Waals surface area contributed by atoms with E-state index in [9.17, 15) is 36.6 Å². The zero-order valence-corrected chi connectivity index (χ0v) is 22.2. The van der Waals surface area contributed by atoms with Crippen LogP contribution in [-0.4, -0.2) is 81.5 Å². The van der Waals surface area contributed by atoms with Crippen LogP contribution in [0, 0.1) is 0 Å². The van der Waals surface area contributed by atoms with Crippen molar-refractivity contribution < 1.29 is 41.4 Å². The number of pyridine rings is 1. The van der Waals surface area contributed by atoms with Gasteiger partial charge in [-0.1, -0.05) is 6.92 Å². The molecule has 3 atom stereocenters. The van der Waals surface area contributed by atoms with Crippen LogP contribution in [0.15, 0.2) is 12.3 Å². The van der Waals surface area contributed by atoms with Crippen molar-refractivity contribution in [2.45, 2.75) is 81.9 Å². The van der Waals surface area contributed by atoms with Crippen LogP contribution in [0.25, 0.3) is 10.4 Å². The Morgan fingerprint density at radius 1 is 1.20 bits per heavy atom. The van der Waals surface area contributed by atoms with E-state index in [0.29, 0.717) is 11.3 Å². The van der Waals surface area contributed by atoms with Gasteiger partial charge in [0.2, 0.25) is 0 Å². The fourth-order valence-corrected chi connectivity index (χ4v) is 6.53. The number of anilines is 1. The van der Waals surface area contributed by atoms with Crippen LogP contribution >= 0.6 is 11.3 Å². The number of carbonyl (C=O) groups excluding carboxylic acids is 2. The first-order valence-electron chi connectivity index (χ1n) is 13.0. The maximum absolute atomic E-state index is 14.3. The molecule has 0 unspecified atom stereocenters. The molecule has 2 amide bonds. The first-order chi connectivity index (χ1) is 19.0. The number of fused-ring (bicyclic) bond motifs is 2. The zero-order chi connectivity index (χ0) is 28.8. The molecule has 3 fully saturated rings. The highest BCUT2D eigenvalue weighted by Gasteiger charge is 2.44. The normalized spacial score (nSPS) is 25.1. The van der Waals surface area contributed by atoms with Crippen molar-refractivity contribution in [3.8, 4) is 10.4 Å². The van der Waals surface area contributed by atoms with Gasteiger partial charge in [-0.3, -0.25) is 9.59 Å². The highest BCUT2D eigenvalue weighted by molar-refractivity contribution is 7.17. The summed E-state index contributed by atoms with van der Waals surface area (Å²) in [6.45, 7) is 1.41. The van der Waals surface area contributed by atoms with E-state index in [-0.39, 0.29) is 52.9 Å². The number of aliphatic hydroxyl groups excluding tert-OH is 1. The molecule has 0 saturated carbocycles. The predicted octanol–water partition coefficient (Wildman–Crippen LogP) is 4.15. The van der Waals surface area contributed by atoms with E-state index in [4.69, 9.17) is 4.74 Å². The van der Waals surface area contributed by atoms with Gasteiger partial charge in [0.1, 0.15) is 17.6 Å². The number of amides is 2. The van der Waals surface area contributed by atoms with Crippen molar-refractivity contribution in [1.29, 1.82) is 0 Å². The summed E-state index contributed by atoms with van der Waals surface area (Å²) in [5.41, 5.74) is -1.04. The molecule has 218 valence electrons. The van der Waals surface area contributed by atoms with Gasteiger partial charge in [-0.2, -0.15) is 13.2 Å². The smallest absolute Gasteiger partial charge is 0.388 e. The molecular formula is C25H28F5N5O4S. The number of halogens is 5. The Kier molecular flexibility index (Phi) is 7.99. The third kappa shape index (κ3) is 5.50. The summed E-state index contributed by atoms with van der Waals surface area (Å²) in [4.78, 5) is 36.6. The van der Waals surface area contributed by atoms with Gasteiger partial charge in [0.15, 0.2) is 5.01 Å². The van der Waals surface area contributed by atoms with Crippen LogP contribution in [0.5, 0.6) is 0 Å². The monoisotopic (exact) mass is 589 g/mol. The summed E-state index contributed by atoms with van der Waals surface area (Å²) in [7, 11) is 0. The quantitative estimate of drug-likeness (QED) is 0.396. The molecule has 2 aromatic heterocycles. The van der Waals surface area contributed by atoms with Gasteiger partial charge in [0.05, 0.1) is 30.2 Å². The Morgan fingerprint density at radius 2 is 1.88 bits per heavy atom. The Hall–Kier alpha value is -2.91. The van der Waals surface area contributed by atoms with Gasteiger partial charge >= 0.3 is 6.18 Å². The standard InChI is InChI=1S/C25H28F5N5O4S/c1-2-17(25(28,29)30)33-18-7-13(21(26)27)14(8-31-18)20-19(24(38)35-11-3-4-12(35)6-5-11)34-23(40-20)22(37)32-15-9-39-10-16(15)36/h7-8,11-12,15-17,21,36H,2-6,9-10H2,1H3,(H,31,33)(H,32,37)/t11?,12?,15-,16-,17+/m1/s1. The molecule has 5 rings (SSSR count). The summed E-state index contributed by atoms with van der Waals surface area (Å²) in [5, 5.41) is 14.6. The van der Waals surface area contributed by atoms with E-state index < -0.39 is 54.0 Å². The summed E-state index contributed by atoms with van der Waals surface area (Å²) in [6.07, 6.45) is -4.81. The Bertz CT molecular complexity index is 1250. The topological polar surface area (TPSA) is 117 Å². The number of hydrogen-bond donors (Lipinski definition) is 3. The number of nitrogens with zero attached hydrogens (tertiary/aromatic N) is 3. The van der Waals surface area contributed by atoms with Crippen molar-refractivity contribution in [1.82, 2.24) is 20.2 Å². The van der Waals surface area contributed by atoms with E-state index >= 15 is 0 Å². The number of carbonyl (C=O) groups is 2. The van der Waals surface area contributed by atoms with Gasteiger partial charge < -0.3 is 25.4 Å². The lowest BCUT2D eigenvalue weighted by molar-refractivity contribution is -0.142. The minimum absolute atomic E-state index is 0.0114. The summed E-state index contributed by atoms with van der Waals surface area (Å²) >= 11 is 0.709. The second-order valence-electron chi connectivity index (χ2n) is 10.2. The largest absolute Gasteiger partial charge is 0.408 e. The second kappa shape index (κ2) is 11.2. The van der Waals surface area contributed by atoms with Gasteiger partial charge in [0, 0.05) is 29.4 Å². The third-order valence-corrected chi connectivity index (χ3v) is 8.71. The van der Waals surface area contributed by atoms with Gasteiger partial charge in [-0.05, 0) is 38.2 Å². The van der Waals surface area contributed by atoms with Crippen LogP contribution in [0.3, 0.4) is 0 Å². The van der Waals surface area contributed by atoms with E-state index in [1.807, 2.05) is 0 Å². The maximum Gasteiger partial charge on any atom is 0.408 e. The zero-order valence-electron chi connectivity index (χ0n) is 21.4. The lowest BCUT2D eigenvalue weighted by Crippen LogP contribution is -2.42. The average molecular weight is 590 g/mol. The van der Waals surface area contributed by atoms with Crippen molar-refractivity contribution in [2.24, 2.45) is 0 Å². The number of aromatic nitrogens is 2. The number of thiazole rings is 1. The Morgan fingerprint density at radius 3 is 2.42 bits per heavy atom. The number of aliphatic hydroxyl groups is 1. The van der Waals surface area contributed by atoms with Crippen molar-refractivity contribution in [3.05, 3.63) is 28.5 Å². The molecule has 9 nitrogen and oxygen atoms in total. The third-order valence-electron chi connectivity index (χ3n) is 7.62. The molecule has 3 aliphatic heterocycles. The fraction of sp³-hybridized carbons (Fsp3) is 0.600. The van der Waals surface area contributed by atoms with Crippen molar-refractivity contribution in [2.75, 3.05) is 18.5 Å². The van der Waals surface area contributed by atoms with E-state index in [2.05, 4.69) is 20.6 Å². The average Bonchev–Trinajstić information content (AvgIpc) is 3.70. The lowest BCUT2D eigenvalue weighted by Gasteiger charge is -2.22. The van der Waals surface area contributed by atoms with Crippen LogP contribution in [0.2, 0.25) is 0 Å². The molecule has 2 bridgehead atoms. The molecule has 0 aromatic carbocycles. The highest BCUT2D eigenvalue weighted by atomic mass is 32.1. The van der Waals surface area contributed by atoms with Crippen LogP contribution in [0.4, 0.5) is 27.8 Å². The molecular weight excluding hydrogens is 561 g/mol. The molecule has 0 aliphatic carbocycles. The van der Waals surface area contributed by atoms with E-state index in [1.165, 1.54) is 6.92 Å². The van der Waals surface area contributed by atoms with E-state index in [1.54, 1.807) is 4.90 Å². The predicted molar refractivity (Wildman–Crippen MR) is 134 cm³/mol. The highest BCUT2D eigenvalue weighted by Crippen LogP contribution is 2.42. The fourth-order valence-electron chi connectivity index (χ4n) is 5.54. The Labute approximate surface area is 230 Å². The molecule has 0 radical (unpaired) electrons. The molecule has 15 heteroatoms. The molecule has 3 N–H and O–H groups in total. The van der Waals surface area contributed by atoms with Gasteiger partial charge in [0.25, 0.3) is 18.2 Å². The first kappa shape index (κ1) is 28.6. The maximum atomic E-state index is 14.3. The molecule has 2 aromatic rings. The number of ether oxygens (including phenoxy) is 1. The van der Waals surface area contributed by atoms with Crippen molar-refractivity contribution >= 4 is 29.0 Å². The molecule has 0 spiro atoms. The SMILES string of the molecule is CC[C@H](Nc1cc(C(F)F)c(-c2sc(C(=O)N[C@@H]3COC[C@H]3O)nc2C(=O)N2C3CCC2CC3)cn1)C(F)(F)F. The number of nitrogens with one attached hydrogen (secondary N) is 2. The minimum atomic E-state index is -4.62. The van der Waals surface area contributed by atoms with Crippen LogP contribution < -0.4 is 10.6 Å². The Balaban J connectivity index is 1.53. The van der Waals surface area contributed by atoms with Gasteiger partial charge in [-0.25, -0.2) is 18.7 Å². The van der Waals surface area contributed by atoms with Crippen LogP contribution in [0.1, 0.15) is 71.3 Å². The number of alkyl halides is 5. The molecule has 3 saturated heterocycles. The molecule has 5 heterocycles. The minimum Gasteiger partial charge on any atom is -0.388 e. The number of rotatable bonds is 8. The first-order valence-corrected chi connectivity index (χ1v) is 13.8. The summed E-state index contributed by atoms with van der Waals surface area (Å²) in [5.74, 6) is -1.61. The van der Waals surface area contributed by atoms with Crippen LogP contribution in [-0.2, 0) is 4.74 Å².